The van der Waals surface area contributed by atoms with Crippen molar-refractivity contribution in [2.75, 3.05) is 26.8 Å². The molecule has 18 heavy (non-hydrogen) atoms. The number of methoxy groups -OCH3 is 1. The van der Waals surface area contributed by atoms with Crippen LogP contribution in [0.5, 0.6) is 5.75 Å². The van der Waals surface area contributed by atoms with Crippen molar-refractivity contribution in [1.29, 1.82) is 0 Å². The molecule has 0 unspecified atom stereocenters. The van der Waals surface area contributed by atoms with Gasteiger partial charge in [0.1, 0.15) is 5.75 Å². The van der Waals surface area contributed by atoms with E-state index in [-0.39, 0.29) is 11.8 Å². The first-order chi connectivity index (χ1) is 8.72. The van der Waals surface area contributed by atoms with Gasteiger partial charge in [-0.3, -0.25) is 0 Å². The fourth-order valence-corrected chi connectivity index (χ4v) is 1.49. The highest BCUT2D eigenvalue weighted by Crippen LogP contribution is 2.10. The number of amides is 2. The quantitative estimate of drug-likeness (QED) is 0.640. The molecule has 1 aromatic rings. The molecule has 0 radical (unpaired) electrons. The lowest BCUT2D eigenvalue weighted by Gasteiger charge is -2.07. The maximum absolute atomic E-state index is 11.3. The molecule has 0 aliphatic carbocycles. The van der Waals surface area contributed by atoms with Crippen molar-refractivity contribution in [2.45, 2.75) is 12.8 Å². The van der Waals surface area contributed by atoms with Gasteiger partial charge in [-0.05, 0) is 30.5 Å². The number of nitrogens with one attached hydrogen (secondary N) is 2. The van der Waals surface area contributed by atoms with Gasteiger partial charge in [-0.2, -0.15) is 0 Å². The monoisotopic (exact) mass is 252 g/mol. The molecule has 5 heteroatoms. The first-order valence-electron chi connectivity index (χ1n) is 6.01. The van der Waals surface area contributed by atoms with Crippen LogP contribution in [0.3, 0.4) is 0 Å². The van der Waals surface area contributed by atoms with E-state index >= 15 is 0 Å². The van der Waals surface area contributed by atoms with E-state index in [4.69, 9.17) is 9.84 Å². The van der Waals surface area contributed by atoms with Gasteiger partial charge in [0, 0.05) is 20.2 Å². The largest absolute Gasteiger partial charge is 0.508 e. The fraction of sp³-hybridized carbons (Fsp3) is 0.462. The van der Waals surface area contributed by atoms with E-state index in [1.54, 1.807) is 19.2 Å². The van der Waals surface area contributed by atoms with Gasteiger partial charge in [-0.1, -0.05) is 12.1 Å². The van der Waals surface area contributed by atoms with Crippen molar-refractivity contribution in [3.63, 3.8) is 0 Å². The normalized spacial score (nSPS) is 10.1. The second-order valence-corrected chi connectivity index (χ2v) is 3.95. The summed E-state index contributed by atoms with van der Waals surface area (Å²) in [5.74, 6) is 0.273. The first-order valence-corrected chi connectivity index (χ1v) is 6.01. The van der Waals surface area contributed by atoms with Crippen LogP contribution in [0.25, 0.3) is 0 Å². The molecule has 0 saturated heterocycles. The van der Waals surface area contributed by atoms with Crippen molar-refractivity contribution >= 4 is 6.03 Å². The number of carbonyl (C=O) groups is 1. The first kappa shape index (κ1) is 14.3. The minimum absolute atomic E-state index is 0.169. The molecular formula is C13H20N2O3. The molecule has 2 amide bonds. The van der Waals surface area contributed by atoms with E-state index in [9.17, 15) is 4.79 Å². The predicted molar refractivity (Wildman–Crippen MR) is 69.7 cm³/mol. The van der Waals surface area contributed by atoms with Gasteiger partial charge in [0.15, 0.2) is 0 Å². The average molecular weight is 252 g/mol. The Bertz CT molecular complexity index is 352. The average Bonchev–Trinajstić information content (AvgIpc) is 2.37. The molecule has 0 spiro atoms. The summed E-state index contributed by atoms with van der Waals surface area (Å²) in [6.45, 7) is 1.65. The van der Waals surface area contributed by atoms with Gasteiger partial charge >= 0.3 is 6.03 Å². The number of carbonyl (C=O) groups excluding carboxylic acids is 1. The molecule has 0 aliphatic heterocycles. The topological polar surface area (TPSA) is 70.6 Å². The SMILES string of the molecule is COCCNC(=O)NCCCc1ccc(O)cc1. The number of aromatic hydroxyl groups is 1. The van der Waals surface area contributed by atoms with Gasteiger partial charge in [0.05, 0.1) is 6.61 Å². The summed E-state index contributed by atoms with van der Waals surface area (Å²) in [4.78, 5) is 11.3. The smallest absolute Gasteiger partial charge is 0.314 e. The number of ether oxygens (including phenoxy) is 1. The summed E-state index contributed by atoms with van der Waals surface area (Å²) in [6.07, 6.45) is 1.74. The Balaban J connectivity index is 2.07. The van der Waals surface area contributed by atoms with E-state index < -0.39 is 0 Å². The molecular weight excluding hydrogens is 232 g/mol. The predicted octanol–water partition coefficient (Wildman–Crippen LogP) is 1.27. The van der Waals surface area contributed by atoms with E-state index in [1.807, 2.05) is 12.1 Å². The highest BCUT2D eigenvalue weighted by Gasteiger charge is 1.98. The molecule has 0 aliphatic rings. The second-order valence-electron chi connectivity index (χ2n) is 3.95. The molecule has 0 fully saturated rings. The van der Waals surface area contributed by atoms with Crippen LogP contribution in [0, 0.1) is 0 Å². The van der Waals surface area contributed by atoms with E-state index in [0.717, 1.165) is 18.4 Å². The molecule has 0 aromatic heterocycles. The van der Waals surface area contributed by atoms with Crippen molar-refractivity contribution in [3.8, 4) is 5.75 Å². The maximum Gasteiger partial charge on any atom is 0.314 e. The zero-order chi connectivity index (χ0) is 13.2. The summed E-state index contributed by atoms with van der Waals surface area (Å²) < 4.78 is 4.82. The van der Waals surface area contributed by atoms with Crippen LogP contribution in [-0.2, 0) is 11.2 Å². The molecule has 0 heterocycles. The van der Waals surface area contributed by atoms with Crippen molar-refractivity contribution < 1.29 is 14.6 Å². The number of aryl methyl sites for hydroxylation is 1. The standard InChI is InChI=1S/C13H20N2O3/c1-18-10-9-15-13(17)14-8-2-3-11-4-6-12(16)7-5-11/h4-7,16H,2-3,8-10H2,1H3,(H2,14,15,17). The zero-order valence-corrected chi connectivity index (χ0v) is 10.6. The van der Waals surface area contributed by atoms with Crippen LogP contribution in [-0.4, -0.2) is 37.9 Å². The molecule has 3 N–H and O–H groups in total. The van der Waals surface area contributed by atoms with Crippen molar-refractivity contribution in [2.24, 2.45) is 0 Å². The summed E-state index contributed by atoms with van der Waals surface area (Å²) in [5.41, 5.74) is 1.15. The fourth-order valence-electron chi connectivity index (χ4n) is 1.49. The Morgan fingerprint density at radius 1 is 1.22 bits per heavy atom. The number of rotatable bonds is 7. The Hall–Kier alpha value is -1.75. The Labute approximate surface area is 107 Å². The lowest BCUT2D eigenvalue weighted by atomic mass is 10.1. The Kier molecular flexibility index (Phi) is 6.64. The molecule has 1 aromatic carbocycles. The Morgan fingerprint density at radius 2 is 1.89 bits per heavy atom. The number of phenols is 1. The lowest BCUT2D eigenvalue weighted by molar-refractivity contribution is 0.196. The number of urea groups is 1. The van der Waals surface area contributed by atoms with Crippen LogP contribution in [0.2, 0.25) is 0 Å². The Morgan fingerprint density at radius 3 is 2.56 bits per heavy atom. The van der Waals surface area contributed by atoms with Crippen molar-refractivity contribution in [1.82, 2.24) is 10.6 Å². The summed E-state index contributed by atoms with van der Waals surface area (Å²) in [6, 6.07) is 6.93. The van der Waals surface area contributed by atoms with Crippen LogP contribution < -0.4 is 10.6 Å². The molecule has 100 valence electrons. The van der Waals surface area contributed by atoms with Crippen LogP contribution in [0.4, 0.5) is 4.79 Å². The van der Waals surface area contributed by atoms with Gasteiger partial charge in [0.25, 0.3) is 0 Å². The van der Waals surface area contributed by atoms with Gasteiger partial charge in [-0.15, -0.1) is 0 Å². The van der Waals surface area contributed by atoms with Crippen LogP contribution in [0.15, 0.2) is 24.3 Å². The summed E-state index contributed by atoms with van der Waals surface area (Å²) >= 11 is 0. The highest BCUT2D eigenvalue weighted by atomic mass is 16.5. The second kappa shape index (κ2) is 8.36. The number of hydrogen-bond donors (Lipinski definition) is 3. The number of hydrogen-bond acceptors (Lipinski definition) is 3. The maximum atomic E-state index is 11.3. The highest BCUT2D eigenvalue weighted by molar-refractivity contribution is 5.73. The molecule has 0 saturated carbocycles. The van der Waals surface area contributed by atoms with Gasteiger partial charge in [0.2, 0.25) is 0 Å². The minimum Gasteiger partial charge on any atom is -0.508 e. The summed E-state index contributed by atoms with van der Waals surface area (Å²) in [7, 11) is 1.59. The molecule has 5 nitrogen and oxygen atoms in total. The summed E-state index contributed by atoms with van der Waals surface area (Å²) in [5, 5.41) is 14.6. The van der Waals surface area contributed by atoms with Crippen LogP contribution in [0.1, 0.15) is 12.0 Å². The number of phenolic OH excluding ortho intramolecular Hbond substituents is 1. The number of benzene rings is 1. The van der Waals surface area contributed by atoms with E-state index in [0.29, 0.717) is 19.7 Å². The van der Waals surface area contributed by atoms with Gasteiger partial charge in [-0.25, -0.2) is 4.79 Å². The van der Waals surface area contributed by atoms with E-state index in [2.05, 4.69) is 10.6 Å². The third-order valence-corrected chi connectivity index (χ3v) is 2.46. The zero-order valence-electron chi connectivity index (χ0n) is 10.6. The molecule has 0 bridgehead atoms. The third kappa shape index (κ3) is 6.10. The van der Waals surface area contributed by atoms with E-state index in [1.165, 1.54) is 0 Å². The van der Waals surface area contributed by atoms with Crippen molar-refractivity contribution in [3.05, 3.63) is 29.8 Å². The third-order valence-electron chi connectivity index (χ3n) is 2.46. The van der Waals surface area contributed by atoms with Gasteiger partial charge < -0.3 is 20.5 Å². The molecule has 1 rings (SSSR count). The lowest BCUT2D eigenvalue weighted by Crippen LogP contribution is -2.37. The van der Waals surface area contributed by atoms with Crippen LogP contribution >= 0.6 is 0 Å². The minimum atomic E-state index is -0.169. The molecule has 0 atom stereocenters.